The van der Waals surface area contributed by atoms with Crippen LogP contribution in [0.4, 0.5) is 10.5 Å². The van der Waals surface area contributed by atoms with Gasteiger partial charge in [0.05, 0.1) is 12.2 Å². The second-order valence-electron chi connectivity index (χ2n) is 7.23. The Balaban J connectivity index is 1.44. The maximum Gasteiger partial charge on any atom is 0.338 e. The number of rotatable bonds is 5. The Bertz CT molecular complexity index is 1030. The second-order valence-corrected chi connectivity index (χ2v) is 7.23. The SMILES string of the molecule is CCOC(=O)c1ccc(NC(=O)CN2C(=O)NC3(CCc4ccccc43)C2=O)cc1. The third kappa shape index (κ3) is 3.30. The summed E-state index contributed by atoms with van der Waals surface area (Å²) in [7, 11) is 0. The van der Waals surface area contributed by atoms with Crippen molar-refractivity contribution in [1.29, 1.82) is 0 Å². The summed E-state index contributed by atoms with van der Waals surface area (Å²) in [5.74, 6) is -1.37. The van der Waals surface area contributed by atoms with E-state index in [4.69, 9.17) is 4.74 Å². The van der Waals surface area contributed by atoms with Crippen molar-refractivity contribution in [2.45, 2.75) is 25.3 Å². The number of anilines is 1. The van der Waals surface area contributed by atoms with Crippen LogP contribution in [0.15, 0.2) is 48.5 Å². The molecule has 8 nitrogen and oxygen atoms in total. The van der Waals surface area contributed by atoms with Crippen LogP contribution in [-0.2, 0) is 26.3 Å². The van der Waals surface area contributed by atoms with Gasteiger partial charge in [0, 0.05) is 5.69 Å². The van der Waals surface area contributed by atoms with E-state index in [1.807, 2.05) is 24.3 Å². The molecule has 0 bridgehead atoms. The van der Waals surface area contributed by atoms with Crippen LogP contribution in [0.2, 0.25) is 0 Å². The highest BCUT2D eigenvalue weighted by Gasteiger charge is 2.55. The van der Waals surface area contributed by atoms with Gasteiger partial charge in [-0.2, -0.15) is 0 Å². The molecule has 1 aliphatic heterocycles. The van der Waals surface area contributed by atoms with Crippen molar-refractivity contribution in [3.8, 4) is 0 Å². The molecule has 0 aromatic heterocycles. The second kappa shape index (κ2) is 7.62. The fourth-order valence-corrected chi connectivity index (χ4v) is 3.98. The molecule has 30 heavy (non-hydrogen) atoms. The molecule has 4 rings (SSSR count). The molecule has 154 valence electrons. The summed E-state index contributed by atoms with van der Waals surface area (Å²) in [5.41, 5.74) is 1.54. The van der Waals surface area contributed by atoms with Gasteiger partial charge in [-0.1, -0.05) is 24.3 Å². The molecule has 4 amide bonds. The number of benzene rings is 2. The summed E-state index contributed by atoms with van der Waals surface area (Å²) < 4.78 is 4.92. The predicted octanol–water partition coefficient (Wildman–Crippen LogP) is 2.20. The van der Waals surface area contributed by atoms with Crippen molar-refractivity contribution in [2.75, 3.05) is 18.5 Å². The van der Waals surface area contributed by atoms with Crippen molar-refractivity contribution in [1.82, 2.24) is 10.2 Å². The van der Waals surface area contributed by atoms with E-state index in [9.17, 15) is 19.2 Å². The molecule has 2 aliphatic rings. The van der Waals surface area contributed by atoms with Crippen molar-refractivity contribution in [3.05, 3.63) is 65.2 Å². The fourth-order valence-electron chi connectivity index (χ4n) is 3.98. The van der Waals surface area contributed by atoms with Crippen LogP contribution in [0.3, 0.4) is 0 Å². The van der Waals surface area contributed by atoms with Crippen molar-refractivity contribution in [3.63, 3.8) is 0 Å². The zero-order chi connectivity index (χ0) is 21.3. The summed E-state index contributed by atoms with van der Waals surface area (Å²) >= 11 is 0. The van der Waals surface area contributed by atoms with Crippen LogP contribution >= 0.6 is 0 Å². The molecule has 2 N–H and O–H groups in total. The van der Waals surface area contributed by atoms with Crippen LogP contribution in [0.25, 0.3) is 0 Å². The number of urea groups is 1. The Morgan fingerprint density at radius 3 is 2.60 bits per heavy atom. The summed E-state index contributed by atoms with van der Waals surface area (Å²) in [6.07, 6.45) is 1.17. The molecule has 1 heterocycles. The van der Waals surface area contributed by atoms with Gasteiger partial charge < -0.3 is 15.4 Å². The maximum absolute atomic E-state index is 13.1. The first-order valence-electron chi connectivity index (χ1n) is 9.74. The number of amides is 4. The number of fused-ring (bicyclic) bond motifs is 2. The number of carbonyl (C=O) groups excluding carboxylic acids is 4. The quantitative estimate of drug-likeness (QED) is 0.584. The lowest BCUT2D eigenvalue weighted by atomic mass is 9.92. The van der Waals surface area contributed by atoms with Gasteiger partial charge in [0.1, 0.15) is 12.1 Å². The molecule has 8 heteroatoms. The normalized spacial score (nSPS) is 19.6. The third-order valence-corrected chi connectivity index (χ3v) is 5.40. The van der Waals surface area contributed by atoms with Crippen molar-refractivity contribution >= 4 is 29.5 Å². The first-order valence-corrected chi connectivity index (χ1v) is 9.74. The van der Waals surface area contributed by atoms with Gasteiger partial charge in [0.25, 0.3) is 5.91 Å². The summed E-state index contributed by atoms with van der Waals surface area (Å²) in [6, 6.07) is 13.1. The molecule has 1 fully saturated rings. The van der Waals surface area contributed by atoms with Crippen LogP contribution in [0.1, 0.15) is 34.8 Å². The molecule has 2 aromatic rings. The molecule has 1 atom stereocenters. The maximum atomic E-state index is 13.1. The van der Waals surface area contributed by atoms with Crippen LogP contribution in [0.5, 0.6) is 0 Å². The van der Waals surface area contributed by atoms with Crippen molar-refractivity contribution < 1.29 is 23.9 Å². The number of carbonyl (C=O) groups is 4. The van der Waals surface area contributed by atoms with E-state index in [-0.39, 0.29) is 6.61 Å². The van der Waals surface area contributed by atoms with E-state index in [0.717, 1.165) is 16.0 Å². The van der Waals surface area contributed by atoms with Crippen molar-refractivity contribution in [2.24, 2.45) is 0 Å². The Hall–Kier alpha value is -3.68. The zero-order valence-corrected chi connectivity index (χ0v) is 16.4. The van der Waals surface area contributed by atoms with Crippen LogP contribution in [-0.4, -0.2) is 41.9 Å². The first-order chi connectivity index (χ1) is 14.4. The number of hydrogen-bond acceptors (Lipinski definition) is 5. The van der Waals surface area contributed by atoms with E-state index in [1.165, 1.54) is 12.1 Å². The molecule has 2 aromatic carbocycles. The van der Waals surface area contributed by atoms with Gasteiger partial charge in [0.15, 0.2) is 0 Å². The summed E-state index contributed by atoms with van der Waals surface area (Å²) in [6.45, 7) is 1.60. The lowest BCUT2D eigenvalue weighted by Gasteiger charge is -2.22. The topological polar surface area (TPSA) is 105 Å². The minimum atomic E-state index is -1.09. The van der Waals surface area contributed by atoms with E-state index in [2.05, 4.69) is 10.6 Å². The summed E-state index contributed by atoms with van der Waals surface area (Å²) in [4.78, 5) is 50.7. The van der Waals surface area contributed by atoms with Crippen LogP contribution in [0, 0.1) is 0 Å². The van der Waals surface area contributed by atoms with E-state index >= 15 is 0 Å². The Morgan fingerprint density at radius 2 is 1.87 bits per heavy atom. The molecular weight excluding hydrogens is 386 g/mol. The first kappa shape index (κ1) is 19.6. The molecular formula is C22H21N3O5. The minimum Gasteiger partial charge on any atom is -0.462 e. The Morgan fingerprint density at radius 1 is 1.13 bits per heavy atom. The number of esters is 1. The van der Waals surface area contributed by atoms with Gasteiger partial charge in [-0.15, -0.1) is 0 Å². The number of hydrogen-bond donors (Lipinski definition) is 2. The highest BCUT2D eigenvalue weighted by Crippen LogP contribution is 2.41. The van der Waals surface area contributed by atoms with E-state index < -0.39 is 35.9 Å². The largest absolute Gasteiger partial charge is 0.462 e. The Labute approximate surface area is 173 Å². The molecule has 1 unspecified atom stereocenters. The van der Waals surface area contributed by atoms with Gasteiger partial charge in [-0.25, -0.2) is 9.59 Å². The minimum absolute atomic E-state index is 0.273. The number of aryl methyl sites for hydroxylation is 1. The average molecular weight is 407 g/mol. The molecule has 1 saturated heterocycles. The van der Waals surface area contributed by atoms with E-state index in [0.29, 0.717) is 24.1 Å². The third-order valence-electron chi connectivity index (χ3n) is 5.40. The van der Waals surface area contributed by atoms with E-state index in [1.54, 1.807) is 19.1 Å². The van der Waals surface area contributed by atoms with Gasteiger partial charge in [-0.05, 0) is 55.2 Å². The number of nitrogens with one attached hydrogen (secondary N) is 2. The number of imide groups is 1. The molecule has 0 radical (unpaired) electrons. The molecule has 1 spiro atoms. The van der Waals surface area contributed by atoms with Gasteiger partial charge >= 0.3 is 12.0 Å². The Kier molecular flexibility index (Phi) is 4.99. The average Bonchev–Trinajstić information content (AvgIpc) is 3.22. The highest BCUT2D eigenvalue weighted by atomic mass is 16.5. The molecule has 1 aliphatic carbocycles. The van der Waals surface area contributed by atoms with Crippen LogP contribution < -0.4 is 10.6 Å². The molecule has 0 saturated carbocycles. The van der Waals surface area contributed by atoms with Gasteiger partial charge in [0.2, 0.25) is 5.91 Å². The predicted molar refractivity (Wildman–Crippen MR) is 108 cm³/mol. The lowest BCUT2D eigenvalue weighted by molar-refractivity contribution is -0.134. The number of nitrogens with zero attached hydrogens (tertiary/aromatic N) is 1. The monoisotopic (exact) mass is 407 g/mol. The van der Waals surface area contributed by atoms with Gasteiger partial charge in [-0.3, -0.25) is 14.5 Å². The summed E-state index contributed by atoms with van der Waals surface area (Å²) in [5, 5.41) is 5.43. The fraction of sp³-hybridized carbons (Fsp3) is 0.273. The smallest absolute Gasteiger partial charge is 0.338 e. The zero-order valence-electron chi connectivity index (χ0n) is 16.4. The lowest BCUT2D eigenvalue weighted by Crippen LogP contribution is -2.42. The highest BCUT2D eigenvalue weighted by molar-refractivity contribution is 6.11. The standard InChI is InChI=1S/C22H21N3O5/c1-2-30-19(27)15-7-9-16(10-8-15)23-18(26)13-25-20(28)22(24-21(25)29)12-11-14-5-3-4-6-17(14)22/h3-10H,2,11-13H2,1H3,(H,23,26)(H,24,29). The number of ether oxygens (including phenoxy) is 1.